The molecule has 2 atom stereocenters. The molecule has 1 aliphatic carbocycles. The lowest BCUT2D eigenvalue weighted by Gasteiger charge is -2.38. The molecule has 1 aliphatic heterocycles. The van der Waals surface area contributed by atoms with E-state index < -0.39 is 0 Å². The van der Waals surface area contributed by atoms with Gasteiger partial charge in [-0.05, 0) is 24.7 Å². The second kappa shape index (κ2) is 4.89. The van der Waals surface area contributed by atoms with E-state index in [2.05, 4.69) is 40.9 Å². The van der Waals surface area contributed by atoms with Crippen molar-refractivity contribution >= 4 is 0 Å². The molecule has 4 heteroatoms. The molecule has 2 unspecified atom stereocenters. The SMILES string of the molecule is CCC1NCCn2c1nnc2C1CCCCC1(C)C. The summed E-state index contributed by atoms with van der Waals surface area (Å²) in [4.78, 5) is 0. The third-order valence-corrected chi connectivity index (χ3v) is 5.07. The molecule has 0 saturated heterocycles. The molecule has 1 saturated carbocycles. The van der Waals surface area contributed by atoms with Gasteiger partial charge >= 0.3 is 0 Å². The Kier molecular flexibility index (Phi) is 3.37. The van der Waals surface area contributed by atoms with Gasteiger partial charge in [0.15, 0.2) is 0 Å². The summed E-state index contributed by atoms with van der Waals surface area (Å²) < 4.78 is 2.41. The van der Waals surface area contributed by atoms with Crippen LogP contribution in [-0.2, 0) is 6.54 Å². The van der Waals surface area contributed by atoms with Gasteiger partial charge in [0.2, 0.25) is 0 Å². The molecule has 1 N–H and O–H groups in total. The van der Waals surface area contributed by atoms with E-state index >= 15 is 0 Å². The van der Waals surface area contributed by atoms with Crippen molar-refractivity contribution in [2.24, 2.45) is 5.41 Å². The molecule has 0 aromatic carbocycles. The average Bonchev–Trinajstić information content (AvgIpc) is 2.82. The highest BCUT2D eigenvalue weighted by molar-refractivity contribution is 5.11. The number of nitrogens with zero attached hydrogens (tertiary/aromatic N) is 3. The third kappa shape index (κ3) is 2.20. The lowest BCUT2D eigenvalue weighted by molar-refractivity contribution is 0.186. The van der Waals surface area contributed by atoms with Crippen molar-refractivity contribution in [3.05, 3.63) is 11.6 Å². The van der Waals surface area contributed by atoms with Crippen LogP contribution in [0, 0.1) is 5.41 Å². The van der Waals surface area contributed by atoms with Crippen molar-refractivity contribution < 1.29 is 0 Å². The molecule has 2 heterocycles. The molecule has 0 radical (unpaired) electrons. The number of aromatic nitrogens is 3. The minimum absolute atomic E-state index is 0.370. The fourth-order valence-corrected chi connectivity index (χ4v) is 3.81. The smallest absolute Gasteiger partial charge is 0.150 e. The summed E-state index contributed by atoms with van der Waals surface area (Å²) in [5.41, 5.74) is 0.370. The van der Waals surface area contributed by atoms with Crippen molar-refractivity contribution in [1.29, 1.82) is 0 Å². The Morgan fingerprint density at radius 1 is 1.26 bits per heavy atom. The fraction of sp³-hybridized carbons (Fsp3) is 0.867. The van der Waals surface area contributed by atoms with Crippen molar-refractivity contribution in [1.82, 2.24) is 20.1 Å². The van der Waals surface area contributed by atoms with Gasteiger partial charge in [-0.3, -0.25) is 0 Å². The topological polar surface area (TPSA) is 42.7 Å². The van der Waals surface area contributed by atoms with E-state index in [9.17, 15) is 0 Å². The molecule has 106 valence electrons. The minimum Gasteiger partial charge on any atom is -0.312 e. The highest BCUT2D eigenvalue weighted by Crippen LogP contribution is 2.46. The van der Waals surface area contributed by atoms with Gasteiger partial charge < -0.3 is 9.88 Å². The molecular weight excluding hydrogens is 236 g/mol. The zero-order valence-corrected chi connectivity index (χ0v) is 12.4. The molecule has 1 aromatic rings. The molecule has 19 heavy (non-hydrogen) atoms. The van der Waals surface area contributed by atoms with E-state index in [0.717, 1.165) is 25.3 Å². The second-order valence-electron chi connectivity index (χ2n) is 6.77. The van der Waals surface area contributed by atoms with Gasteiger partial charge in [0, 0.05) is 19.0 Å². The van der Waals surface area contributed by atoms with E-state index in [1.807, 2.05) is 0 Å². The van der Waals surface area contributed by atoms with E-state index in [0.29, 0.717) is 17.4 Å². The quantitative estimate of drug-likeness (QED) is 0.891. The third-order valence-electron chi connectivity index (χ3n) is 5.07. The number of fused-ring (bicyclic) bond motifs is 1. The van der Waals surface area contributed by atoms with Crippen LogP contribution < -0.4 is 5.32 Å². The first-order valence-electron chi connectivity index (χ1n) is 7.80. The van der Waals surface area contributed by atoms with E-state index in [4.69, 9.17) is 0 Å². The first-order valence-corrected chi connectivity index (χ1v) is 7.80. The summed E-state index contributed by atoms with van der Waals surface area (Å²) in [6.45, 7) is 9.09. The largest absolute Gasteiger partial charge is 0.312 e. The van der Waals surface area contributed by atoms with Gasteiger partial charge in [-0.25, -0.2) is 0 Å². The summed E-state index contributed by atoms with van der Waals surface area (Å²) in [6, 6.07) is 0.390. The van der Waals surface area contributed by atoms with Crippen molar-refractivity contribution in [3.63, 3.8) is 0 Å². The van der Waals surface area contributed by atoms with Crippen molar-refractivity contribution in [2.75, 3.05) is 6.54 Å². The van der Waals surface area contributed by atoms with E-state index in [1.165, 1.54) is 31.5 Å². The predicted octanol–water partition coefficient (Wildman–Crippen LogP) is 3.02. The first kappa shape index (κ1) is 13.1. The fourth-order valence-electron chi connectivity index (χ4n) is 3.81. The maximum atomic E-state index is 4.59. The van der Waals surface area contributed by atoms with Gasteiger partial charge in [-0.1, -0.05) is 33.6 Å². The summed E-state index contributed by atoms with van der Waals surface area (Å²) in [6.07, 6.45) is 6.38. The second-order valence-corrected chi connectivity index (χ2v) is 6.77. The molecule has 4 nitrogen and oxygen atoms in total. The normalized spacial score (nSPS) is 30.1. The number of hydrogen-bond acceptors (Lipinski definition) is 3. The molecule has 0 amide bonds. The summed E-state index contributed by atoms with van der Waals surface area (Å²) in [5, 5.41) is 12.6. The monoisotopic (exact) mass is 262 g/mol. The number of hydrogen-bond donors (Lipinski definition) is 1. The molecule has 1 aromatic heterocycles. The molecule has 3 rings (SSSR count). The summed E-state index contributed by atoms with van der Waals surface area (Å²) >= 11 is 0. The average molecular weight is 262 g/mol. The van der Waals surface area contributed by atoms with Crippen LogP contribution >= 0.6 is 0 Å². The van der Waals surface area contributed by atoms with Crippen molar-refractivity contribution in [3.8, 4) is 0 Å². The maximum absolute atomic E-state index is 4.59. The van der Waals surface area contributed by atoms with Crippen LogP contribution in [-0.4, -0.2) is 21.3 Å². The molecule has 0 spiro atoms. The Morgan fingerprint density at radius 2 is 2.05 bits per heavy atom. The van der Waals surface area contributed by atoms with Gasteiger partial charge in [0.25, 0.3) is 0 Å². The number of rotatable bonds is 2. The van der Waals surface area contributed by atoms with Gasteiger partial charge in [0.1, 0.15) is 11.6 Å². The molecule has 0 bridgehead atoms. The zero-order chi connectivity index (χ0) is 13.5. The Bertz CT molecular complexity index is 449. The Hall–Kier alpha value is -0.900. The van der Waals surface area contributed by atoms with Crippen LogP contribution in [0.1, 0.15) is 76.5 Å². The molecule has 1 fully saturated rings. The van der Waals surface area contributed by atoms with Gasteiger partial charge in [-0.2, -0.15) is 0 Å². The lowest BCUT2D eigenvalue weighted by Crippen LogP contribution is -2.36. The lowest BCUT2D eigenvalue weighted by atomic mass is 9.68. The summed E-state index contributed by atoms with van der Waals surface area (Å²) in [7, 11) is 0. The standard InChI is InChI=1S/C15H26N4/c1-4-12-14-18-17-13(19(14)10-9-16-12)11-7-5-6-8-15(11,2)3/h11-12,16H,4-10H2,1-3H3. The van der Waals surface area contributed by atoms with Crippen LogP contribution in [0.25, 0.3) is 0 Å². The highest BCUT2D eigenvalue weighted by atomic mass is 15.3. The van der Waals surface area contributed by atoms with E-state index in [-0.39, 0.29) is 0 Å². The van der Waals surface area contributed by atoms with Crippen LogP contribution in [0.4, 0.5) is 0 Å². The Labute approximate surface area is 116 Å². The highest BCUT2D eigenvalue weighted by Gasteiger charge is 2.38. The summed E-state index contributed by atoms with van der Waals surface area (Å²) in [5.74, 6) is 2.99. The first-order chi connectivity index (χ1) is 9.13. The maximum Gasteiger partial charge on any atom is 0.150 e. The predicted molar refractivity (Wildman–Crippen MR) is 76.0 cm³/mol. The van der Waals surface area contributed by atoms with Crippen molar-refractivity contribution in [2.45, 2.75) is 71.4 Å². The molecular formula is C15H26N4. The van der Waals surface area contributed by atoms with Crippen LogP contribution in [0.5, 0.6) is 0 Å². The number of nitrogens with one attached hydrogen (secondary N) is 1. The zero-order valence-electron chi connectivity index (χ0n) is 12.4. The van der Waals surface area contributed by atoms with E-state index in [1.54, 1.807) is 0 Å². The Morgan fingerprint density at radius 3 is 2.79 bits per heavy atom. The van der Waals surface area contributed by atoms with Crippen LogP contribution in [0.3, 0.4) is 0 Å². The Balaban J connectivity index is 1.95. The van der Waals surface area contributed by atoms with Crippen LogP contribution in [0.2, 0.25) is 0 Å². The minimum atomic E-state index is 0.370. The van der Waals surface area contributed by atoms with Crippen LogP contribution in [0.15, 0.2) is 0 Å². The van der Waals surface area contributed by atoms with Gasteiger partial charge in [-0.15, -0.1) is 10.2 Å². The van der Waals surface area contributed by atoms with Gasteiger partial charge in [0.05, 0.1) is 6.04 Å². The molecule has 2 aliphatic rings.